The molecule has 3 aromatic rings. The van der Waals surface area contributed by atoms with Crippen molar-refractivity contribution < 1.29 is 38.4 Å². The van der Waals surface area contributed by atoms with Crippen LogP contribution in [0.4, 0.5) is 0 Å². The van der Waals surface area contributed by atoms with Gasteiger partial charge < -0.3 is 29.0 Å². The number of allylic oxidation sites excluding steroid dienone is 3. The normalized spacial score (nSPS) is 21.4. The van der Waals surface area contributed by atoms with Crippen LogP contribution in [0.3, 0.4) is 0 Å². The van der Waals surface area contributed by atoms with Gasteiger partial charge in [0.05, 0.1) is 30.0 Å². The van der Waals surface area contributed by atoms with Crippen molar-refractivity contribution in [1.82, 2.24) is 4.98 Å². The number of hydrogen-bond donors (Lipinski definition) is 2. The van der Waals surface area contributed by atoms with Crippen LogP contribution in [-0.2, 0) is 25.5 Å². The number of aromatic nitrogens is 1. The summed E-state index contributed by atoms with van der Waals surface area (Å²) in [7, 11) is 0. The minimum atomic E-state index is -1.14. The second-order valence-electron chi connectivity index (χ2n) is 12.1. The van der Waals surface area contributed by atoms with E-state index in [0.717, 1.165) is 34.0 Å². The Morgan fingerprint density at radius 1 is 1.14 bits per heavy atom. The van der Waals surface area contributed by atoms with Crippen molar-refractivity contribution in [3.05, 3.63) is 70.1 Å². The number of esters is 1. The highest BCUT2D eigenvalue weighted by atomic mass is 16.6. The number of benzene rings is 2. The molecule has 2 atom stereocenters. The lowest BCUT2D eigenvalue weighted by Gasteiger charge is -2.31. The van der Waals surface area contributed by atoms with Gasteiger partial charge in [-0.05, 0) is 69.2 Å². The first kappa shape index (κ1) is 29.7. The lowest BCUT2D eigenvalue weighted by atomic mass is 9.75. The summed E-state index contributed by atoms with van der Waals surface area (Å²) in [5, 5.41) is 11.8. The molecule has 0 saturated heterocycles. The maximum atomic E-state index is 13.4. The topological polar surface area (TPSA) is 124 Å². The minimum Gasteiger partial charge on any atom is -0.492 e. The SMILES string of the molecule is CCCOc1c2c(cc3c1C(=C1CCC(=O)C(c4ccc5[nH]ccc5c4)C1)C(C=O)=C(C(=O)OCC)O3)OC(C(C)(C)O)C2. The van der Waals surface area contributed by atoms with E-state index in [1.54, 1.807) is 26.8 Å². The fourth-order valence-corrected chi connectivity index (χ4v) is 6.38. The molecule has 0 spiro atoms. The number of rotatable bonds is 8. The lowest BCUT2D eigenvalue weighted by Crippen LogP contribution is -2.39. The first-order valence-electron chi connectivity index (χ1n) is 15.2. The molecule has 2 N–H and O–H groups in total. The van der Waals surface area contributed by atoms with E-state index in [9.17, 15) is 19.5 Å². The third kappa shape index (κ3) is 5.19. The zero-order valence-corrected chi connectivity index (χ0v) is 25.5. The second-order valence-corrected chi connectivity index (χ2v) is 12.1. The third-order valence-electron chi connectivity index (χ3n) is 8.60. The number of fused-ring (bicyclic) bond motifs is 3. The van der Waals surface area contributed by atoms with Crippen LogP contribution in [0, 0.1) is 0 Å². The molecule has 9 nitrogen and oxygen atoms in total. The number of carbonyl (C=O) groups is 3. The summed E-state index contributed by atoms with van der Waals surface area (Å²) in [6.07, 6.45) is 4.13. The van der Waals surface area contributed by atoms with Gasteiger partial charge in [-0.3, -0.25) is 9.59 Å². The Hall–Kier alpha value is -4.37. The Bertz CT molecular complexity index is 1720. The van der Waals surface area contributed by atoms with Crippen molar-refractivity contribution >= 4 is 34.5 Å². The summed E-state index contributed by atoms with van der Waals surface area (Å²) in [6.45, 7) is 7.54. The molecule has 0 amide bonds. The average molecular weight is 600 g/mol. The molecule has 6 rings (SSSR count). The van der Waals surface area contributed by atoms with E-state index in [1.165, 1.54) is 0 Å². The molecule has 0 radical (unpaired) electrons. The first-order chi connectivity index (χ1) is 21.1. The first-order valence-corrected chi connectivity index (χ1v) is 15.2. The van der Waals surface area contributed by atoms with Gasteiger partial charge in [-0.15, -0.1) is 0 Å². The molecule has 3 heterocycles. The van der Waals surface area contributed by atoms with E-state index < -0.39 is 23.6 Å². The zero-order valence-electron chi connectivity index (χ0n) is 25.5. The minimum absolute atomic E-state index is 0.0689. The van der Waals surface area contributed by atoms with Gasteiger partial charge in [-0.2, -0.15) is 0 Å². The molecular weight excluding hydrogens is 562 g/mol. The number of aldehydes is 1. The van der Waals surface area contributed by atoms with E-state index >= 15 is 0 Å². The molecule has 44 heavy (non-hydrogen) atoms. The number of H-pyrrole nitrogens is 1. The molecular formula is C35H37NO8. The number of aromatic amines is 1. The largest absolute Gasteiger partial charge is 0.492 e. The zero-order chi connectivity index (χ0) is 31.2. The van der Waals surface area contributed by atoms with Gasteiger partial charge in [0.2, 0.25) is 5.76 Å². The highest BCUT2D eigenvalue weighted by Crippen LogP contribution is 2.54. The van der Waals surface area contributed by atoms with Crippen molar-refractivity contribution in [2.24, 2.45) is 0 Å². The van der Waals surface area contributed by atoms with Gasteiger partial charge in [-0.1, -0.05) is 18.6 Å². The van der Waals surface area contributed by atoms with Gasteiger partial charge in [0.25, 0.3) is 0 Å². The quantitative estimate of drug-likeness (QED) is 0.249. The highest BCUT2D eigenvalue weighted by Gasteiger charge is 2.42. The predicted octanol–water partition coefficient (Wildman–Crippen LogP) is 5.73. The van der Waals surface area contributed by atoms with Crippen LogP contribution >= 0.6 is 0 Å². The van der Waals surface area contributed by atoms with Crippen LogP contribution in [0.2, 0.25) is 0 Å². The van der Waals surface area contributed by atoms with E-state index in [4.69, 9.17) is 18.9 Å². The second kappa shape index (κ2) is 11.6. The molecule has 2 aromatic carbocycles. The van der Waals surface area contributed by atoms with Crippen molar-refractivity contribution in [3.63, 3.8) is 0 Å². The van der Waals surface area contributed by atoms with E-state index in [0.29, 0.717) is 60.5 Å². The standard InChI is InChI=1S/C35H37NO8/c1-5-13-42-32-23-16-29(35(3,4)40)43-27(23)17-28-31(32)30(24(18-37)33(44-28)34(39)41-6-2)21-8-10-26(38)22(15-21)19-7-9-25-20(14-19)11-12-36-25/h7,9,11-12,14,17-18,22,29,36,40H,5-6,8,10,13,15-16H2,1-4H3. The molecule has 9 heteroatoms. The molecule has 3 aliphatic rings. The van der Waals surface area contributed by atoms with Gasteiger partial charge in [0.1, 0.15) is 29.1 Å². The number of aliphatic hydroxyl groups is 1. The van der Waals surface area contributed by atoms with Crippen LogP contribution < -0.4 is 14.2 Å². The molecule has 2 aliphatic heterocycles. The number of nitrogens with one attached hydrogen (secondary N) is 1. The van der Waals surface area contributed by atoms with Gasteiger partial charge in [-0.25, -0.2) is 4.79 Å². The highest BCUT2D eigenvalue weighted by molar-refractivity contribution is 6.10. The Morgan fingerprint density at radius 3 is 2.68 bits per heavy atom. The number of carbonyl (C=O) groups excluding carboxylic acids is 3. The van der Waals surface area contributed by atoms with Crippen LogP contribution in [0.5, 0.6) is 17.2 Å². The summed E-state index contributed by atoms with van der Waals surface area (Å²) < 4.78 is 24.0. The number of hydrogen-bond acceptors (Lipinski definition) is 8. The summed E-state index contributed by atoms with van der Waals surface area (Å²) in [5.41, 5.74) is 3.52. The van der Waals surface area contributed by atoms with Crippen molar-refractivity contribution in [2.75, 3.05) is 13.2 Å². The van der Waals surface area contributed by atoms with Gasteiger partial charge in [0, 0.05) is 47.7 Å². The lowest BCUT2D eigenvalue weighted by molar-refractivity contribution is -0.141. The van der Waals surface area contributed by atoms with Crippen molar-refractivity contribution in [1.29, 1.82) is 0 Å². The molecule has 0 bridgehead atoms. The van der Waals surface area contributed by atoms with Crippen LogP contribution in [-0.4, -0.2) is 53.0 Å². The molecule has 230 valence electrons. The summed E-state index contributed by atoms with van der Waals surface area (Å²) >= 11 is 0. The molecule has 1 fully saturated rings. The summed E-state index contributed by atoms with van der Waals surface area (Å²) in [5.74, 6) is 0.0111. The fourth-order valence-electron chi connectivity index (χ4n) is 6.38. The molecule has 1 saturated carbocycles. The Balaban J connectivity index is 1.56. The number of ketones is 1. The summed E-state index contributed by atoms with van der Waals surface area (Å²) in [4.78, 5) is 42.6. The van der Waals surface area contributed by atoms with Crippen molar-refractivity contribution in [3.8, 4) is 17.2 Å². The van der Waals surface area contributed by atoms with E-state index in [-0.39, 0.29) is 30.1 Å². The molecule has 1 aromatic heterocycles. The number of ether oxygens (including phenoxy) is 4. The summed E-state index contributed by atoms with van der Waals surface area (Å²) in [6, 6.07) is 9.63. The number of Topliss-reactive ketones (excluding diaryl/α,β-unsaturated/α-hetero) is 1. The van der Waals surface area contributed by atoms with Gasteiger partial charge in [0.15, 0.2) is 6.29 Å². The predicted molar refractivity (Wildman–Crippen MR) is 164 cm³/mol. The monoisotopic (exact) mass is 599 g/mol. The van der Waals surface area contributed by atoms with Gasteiger partial charge >= 0.3 is 5.97 Å². The maximum Gasteiger partial charge on any atom is 0.375 e. The van der Waals surface area contributed by atoms with E-state index in [2.05, 4.69) is 4.98 Å². The fraction of sp³-hybridized carbons (Fsp3) is 0.400. The van der Waals surface area contributed by atoms with Crippen LogP contribution in [0.15, 0.2) is 53.4 Å². The van der Waals surface area contributed by atoms with Crippen LogP contribution in [0.25, 0.3) is 16.5 Å². The Labute approximate surface area is 255 Å². The molecule has 1 aliphatic carbocycles. The Kier molecular flexibility index (Phi) is 7.84. The van der Waals surface area contributed by atoms with Crippen LogP contribution in [0.1, 0.15) is 76.0 Å². The Morgan fingerprint density at radius 2 is 1.95 bits per heavy atom. The van der Waals surface area contributed by atoms with E-state index in [1.807, 2.05) is 37.4 Å². The molecule has 2 unspecified atom stereocenters. The van der Waals surface area contributed by atoms with Crippen molar-refractivity contribution in [2.45, 2.75) is 77.4 Å². The average Bonchev–Trinajstić information content (AvgIpc) is 3.66. The third-order valence-corrected chi connectivity index (χ3v) is 8.60. The smallest absolute Gasteiger partial charge is 0.375 e. The maximum absolute atomic E-state index is 13.4.